The second-order valence-electron chi connectivity index (χ2n) is 13.0. The van der Waals surface area contributed by atoms with Gasteiger partial charge < -0.3 is 13.8 Å². The van der Waals surface area contributed by atoms with Crippen LogP contribution in [0.5, 0.6) is 0 Å². The molecule has 0 unspecified atom stereocenters. The molecule has 0 bridgehead atoms. The zero-order valence-electron chi connectivity index (χ0n) is 21.6. The number of rotatable bonds is 5. The normalized spacial score (nSPS) is 17.2. The van der Waals surface area contributed by atoms with Gasteiger partial charge in [-0.05, 0) is 23.0 Å². The molecule has 1 aliphatic heterocycles. The first-order valence-electron chi connectivity index (χ1n) is 10.8. The van der Waals surface area contributed by atoms with Crippen molar-refractivity contribution >= 4 is 35.3 Å². The van der Waals surface area contributed by atoms with Crippen LogP contribution in [-0.2, 0) is 0 Å². The van der Waals surface area contributed by atoms with Crippen LogP contribution in [0.1, 0.15) is 41.5 Å². The third kappa shape index (κ3) is 6.05. The Labute approximate surface area is 196 Å². The molecule has 1 heterocycles. The van der Waals surface area contributed by atoms with Gasteiger partial charge in [0.25, 0.3) is 0 Å². The Balaban J connectivity index is 0.00000420. The van der Waals surface area contributed by atoms with Gasteiger partial charge in [0.15, 0.2) is 0 Å². The van der Waals surface area contributed by atoms with Gasteiger partial charge in [-0.1, -0.05) is 101 Å². The van der Waals surface area contributed by atoms with Crippen molar-refractivity contribution in [2.24, 2.45) is 10.8 Å². The van der Waals surface area contributed by atoms with Gasteiger partial charge in [0.2, 0.25) is 0 Å². The van der Waals surface area contributed by atoms with E-state index in [0.29, 0.717) is 0 Å². The predicted molar refractivity (Wildman–Crippen MR) is 136 cm³/mol. The molecule has 0 saturated heterocycles. The molecule has 160 valence electrons. The molecule has 0 amide bonds. The van der Waals surface area contributed by atoms with Gasteiger partial charge in [-0.2, -0.15) is 0 Å². The van der Waals surface area contributed by atoms with Crippen LogP contribution in [0.25, 0.3) is 4.65 Å². The summed E-state index contributed by atoms with van der Waals surface area (Å²) in [7, 11) is -5.55. The molecule has 0 fully saturated rings. The predicted octanol–water partition coefficient (Wildman–Crippen LogP) is 3.97. The molecule has 0 atom stereocenters. The molecule has 1 aromatic carbocycles. The average Bonchev–Trinajstić information content (AvgIpc) is 2.66. The molecule has 1 aliphatic rings. The third-order valence-corrected chi connectivity index (χ3v) is 21.9. The van der Waals surface area contributed by atoms with Gasteiger partial charge in [-0.3, -0.25) is 0 Å². The number of benzene rings is 1. The monoisotopic (exact) mass is 441 g/mol. The van der Waals surface area contributed by atoms with E-state index < -0.39 is 23.9 Å². The van der Waals surface area contributed by atoms with Crippen molar-refractivity contribution in [2.45, 2.75) is 80.8 Å². The van der Waals surface area contributed by atoms with Crippen molar-refractivity contribution in [3.8, 4) is 0 Å². The fourth-order valence-corrected chi connectivity index (χ4v) is 26.8. The maximum atomic E-state index is 5.95. The van der Waals surface area contributed by atoms with Crippen LogP contribution >= 0.6 is 0 Å². The Morgan fingerprint density at radius 3 is 1.34 bits per heavy atom. The standard InChI is InChI=1S/C22H44N3Si3.Li/c1-21(2,3)17-24-19-15-13-14-16-20(19)25(18-22(4,5)6)28(24,27(10,11)12)23-26(7,8)9;/h13-16H,17-18H2,1-12H3;/q-1;+1. The summed E-state index contributed by atoms with van der Waals surface area (Å²) in [4.78, 5) is 0. The largest absolute Gasteiger partial charge is 1.00 e. The van der Waals surface area contributed by atoms with Crippen LogP contribution < -0.4 is 28.0 Å². The van der Waals surface area contributed by atoms with Gasteiger partial charge in [-0.25, -0.2) is 0 Å². The number of hydrogen-bond acceptors (Lipinski definition) is 2. The molecule has 3 nitrogen and oxygen atoms in total. The minimum absolute atomic E-state index is 0. The molecule has 0 saturated carbocycles. The quantitative estimate of drug-likeness (QED) is 0.645. The molecule has 0 radical (unpaired) electrons. The van der Waals surface area contributed by atoms with E-state index >= 15 is 0 Å². The van der Waals surface area contributed by atoms with Crippen LogP contribution in [0.15, 0.2) is 24.3 Å². The summed E-state index contributed by atoms with van der Waals surface area (Å²) in [6.45, 7) is 31.4. The number of fused-ring (bicyclic) bond motifs is 1. The molecule has 2 rings (SSSR count). The summed E-state index contributed by atoms with van der Waals surface area (Å²) in [5.74, 6) is 0. The second kappa shape index (κ2) is 8.52. The van der Waals surface area contributed by atoms with E-state index in [9.17, 15) is 0 Å². The summed E-state index contributed by atoms with van der Waals surface area (Å²) >= 11 is 0. The number of para-hydroxylation sites is 2. The van der Waals surface area contributed by atoms with Crippen LogP contribution in [0, 0.1) is 10.8 Å². The van der Waals surface area contributed by atoms with Crippen LogP contribution in [0.3, 0.4) is 0 Å². The molecule has 29 heavy (non-hydrogen) atoms. The Bertz CT molecular complexity index is 654. The molecule has 0 aromatic heterocycles. The van der Waals surface area contributed by atoms with Gasteiger partial charge >= 0.3 is 18.9 Å². The zero-order chi connectivity index (χ0) is 21.8. The van der Waals surface area contributed by atoms with Crippen molar-refractivity contribution in [3.05, 3.63) is 28.9 Å². The number of hydrogen-bond donors (Lipinski definition) is 0. The van der Waals surface area contributed by atoms with E-state index in [1.165, 1.54) is 11.4 Å². The summed E-state index contributed by atoms with van der Waals surface area (Å²) < 4.78 is 11.6. The van der Waals surface area contributed by atoms with Crippen molar-refractivity contribution in [1.82, 2.24) is 0 Å². The van der Waals surface area contributed by atoms with Gasteiger partial charge in [0.05, 0.1) is 19.0 Å². The van der Waals surface area contributed by atoms with Crippen molar-refractivity contribution in [2.75, 3.05) is 22.2 Å². The summed E-state index contributed by atoms with van der Waals surface area (Å²) in [5, 5.41) is 0. The van der Waals surface area contributed by atoms with Gasteiger partial charge in [-0.15, -0.1) is 0 Å². The average molecular weight is 442 g/mol. The SMILES string of the molecule is CC(C)(C)CN1c2ccccc2N(CC(C)(C)C)[Si]1([N-][Si](C)(C)C)[Si](C)(C)C.[Li+]. The van der Waals surface area contributed by atoms with E-state index in [1.807, 2.05) is 0 Å². The fourth-order valence-electron chi connectivity index (χ4n) is 4.31. The number of anilines is 2. The molecule has 0 N–H and O–H groups in total. The fraction of sp³-hybridized carbons (Fsp3) is 0.727. The molecule has 1 aromatic rings. The molecule has 7 heteroatoms. The van der Waals surface area contributed by atoms with E-state index in [1.54, 1.807) is 0 Å². The molecule has 0 spiro atoms. The minimum atomic E-state index is -2.26. The molecule has 0 aliphatic carbocycles. The van der Waals surface area contributed by atoms with Crippen LogP contribution in [0.4, 0.5) is 11.4 Å². The Morgan fingerprint density at radius 2 is 1.10 bits per heavy atom. The Morgan fingerprint density at radius 1 is 0.759 bits per heavy atom. The van der Waals surface area contributed by atoms with Crippen molar-refractivity contribution < 1.29 is 18.9 Å². The van der Waals surface area contributed by atoms with Crippen molar-refractivity contribution in [1.29, 1.82) is 0 Å². The maximum absolute atomic E-state index is 5.95. The smallest absolute Gasteiger partial charge is 0.634 e. The topological polar surface area (TPSA) is 20.6 Å². The van der Waals surface area contributed by atoms with Gasteiger partial charge in [0, 0.05) is 13.1 Å². The van der Waals surface area contributed by atoms with Crippen LogP contribution in [-0.4, -0.2) is 37.0 Å². The molecular formula is C22H44LiN3Si3. The summed E-state index contributed by atoms with van der Waals surface area (Å²) in [5.41, 5.74) is 3.32. The van der Waals surface area contributed by atoms with E-state index in [0.717, 1.165) is 13.1 Å². The second-order valence-corrected chi connectivity index (χ2v) is 31.5. The van der Waals surface area contributed by atoms with E-state index in [4.69, 9.17) is 4.65 Å². The third-order valence-electron chi connectivity index (χ3n) is 4.98. The first kappa shape index (κ1) is 27.1. The van der Waals surface area contributed by atoms with E-state index in [-0.39, 0.29) is 29.7 Å². The van der Waals surface area contributed by atoms with E-state index in [2.05, 4.69) is 114 Å². The van der Waals surface area contributed by atoms with Crippen LogP contribution in [0.2, 0.25) is 39.3 Å². The molecular weight excluding hydrogens is 397 g/mol. The Hall–Kier alpha value is 0.0281. The maximum Gasteiger partial charge on any atom is 1.00 e. The number of nitrogens with zero attached hydrogens (tertiary/aromatic N) is 3. The zero-order valence-corrected chi connectivity index (χ0v) is 24.6. The first-order chi connectivity index (χ1) is 12.4. The summed E-state index contributed by atoms with van der Waals surface area (Å²) in [6, 6.07) is 9.14. The summed E-state index contributed by atoms with van der Waals surface area (Å²) in [6.07, 6.45) is 0. The first-order valence-corrected chi connectivity index (χ1v) is 20.5. The van der Waals surface area contributed by atoms with Gasteiger partial charge in [0.1, 0.15) is 8.08 Å². The minimum Gasteiger partial charge on any atom is -0.634 e. The van der Waals surface area contributed by atoms with Crippen molar-refractivity contribution in [3.63, 3.8) is 0 Å². The Kier molecular flexibility index (Phi) is 7.95.